The number of urea groups is 1. The van der Waals surface area contributed by atoms with Gasteiger partial charge in [-0.05, 0) is 31.6 Å². The van der Waals surface area contributed by atoms with E-state index in [0.717, 1.165) is 44.7 Å². The molecule has 1 aliphatic carbocycles. The van der Waals surface area contributed by atoms with E-state index in [1.54, 1.807) is 6.20 Å². The molecule has 21 heavy (non-hydrogen) atoms. The van der Waals surface area contributed by atoms with Gasteiger partial charge in [0.25, 0.3) is 0 Å². The fraction of sp³-hybridized carbons (Fsp3) is 0.750. The highest BCUT2D eigenvalue weighted by Gasteiger charge is 2.21. The number of hydrogen-bond donors (Lipinski definition) is 2. The number of carbonyl (C=O) groups excluding carboxylic acids is 1. The first-order valence-corrected chi connectivity index (χ1v) is 8.28. The lowest BCUT2D eigenvalue weighted by molar-refractivity contribution is 0.224. The third-order valence-electron chi connectivity index (χ3n) is 4.38. The second-order valence-corrected chi connectivity index (χ2v) is 6.05. The van der Waals surface area contributed by atoms with Crippen LogP contribution in [0.4, 0.5) is 4.79 Å². The second-order valence-electron chi connectivity index (χ2n) is 6.05. The summed E-state index contributed by atoms with van der Waals surface area (Å²) in [4.78, 5) is 15.9. The van der Waals surface area contributed by atoms with Crippen molar-refractivity contribution in [2.24, 2.45) is 5.92 Å². The maximum atomic E-state index is 11.9. The van der Waals surface area contributed by atoms with Crippen molar-refractivity contribution in [3.8, 4) is 0 Å². The van der Waals surface area contributed by atoms with Crippen LogP contribution in [-0.4, -0.2) is 28.2 Å². The predicted octanol–water partition coefficient (Wildman–Crippen LogP) is 2.93. The predicted molar refractivity (Wildman–Crippen MR) is 84.0 cm³/mol. The molecule has 1 aromatic rings. The number of hydrogen-bond acceptors (Lipinski definition) is 2. The van der Waals surface area contributed by atoms with Crippen LogP contribution in [0, 0.1) is 5.92 Å². The van der Waals surface area contributed by atoms with Gasteiger partial charge in [-0.1, -0.05) is 26.2 Å². The van der Waals surface area contributed by atoms with Gasteiger partial charge in [0.1, 0.15) is 0 Å². The van der Waals surface area contributed by atoms with Crippen LogP contribution < -0.4 is 10.6 Å². The highest BCUT2D eigenvalue weighted by Crippen LogP contribution is 2.26. The van der Waals surface area contributed by atoms with Gasteiger partial charge < -0.3 is 15.2 Å². The number of aromatic nitrogens is 2. The number of rotatable bonds is 7. The van der Waals surface area contributed by atoms with Crippen molar-refractivity contribution in [3.63, 3.8) is 0 Å². The molecule has 2 rings (SSSR count). The van der Waals surface area contributed by atoms with Crippen LogP contribution in [-0.2, 0) is 6.54 Å². The fourth-order valence-electron chi connectivity index (χ4n) is 3.07. The van der Waals surface area contributed by atoms with E-state index in [-0.39, 0.29) is 6.03 Å². The molecule has 1 saturated carbocycles. The van der Waals surface area contributed by atoms with Gasteiger partial charge >= 0.3 is 6.03 Å². The van der Waals surface area contributed by atoms with E-state index in [1.807, 2.05) is 12.5 Å². The molecule has 0 saturated heterocycles. The van der Waals surface area contributed by atoms with Gasteiger partial charge in [-0.2, -0.15) is 0 Å². The van der Waals surface area contributed by atoms with Crippen molar-refractivity contribution in [1.82, 2.24) is 20.2 Å². The molecule has 0 unspecified atom stereocenters. The summed E-state index contributed by atoms with van der Waals surface area (Å²) in [5.74, 6) is 0.791. The summed E-state index contributed by atoms with van der Waals surface area (Å²) in [6, 6.07) is 0.369. The minimum atomic E-state index is -0.000570. The zero-order chi connectivity index (χ0) is 14.9. The molecule has 2 amide bonds. The molecular formula is C16H28N4O. The lowest BCUT2D eigenvalue weighted by Gasteiger charge is -2.29. The van der Waals surface area contributed by atoms with Gasteiger partial charge in [0.2, 0.25) is 0 Å². The number of unbranched alkanes of at least 4 members (excludes halogenated alkanes) is 1. The van der Waals surface area contributed by atoms with Crippen LogP contribution in [0.5, 0.6) is 0 Å². The van der Waals surface area contributed by atoms with Crippen LogP contribution >= 0.6 is 0 Å². The van der Waals surface area contributed by atoms with E-state index in [2.05, 4.69) is 27.1 Å². The minimum Gasteiger partial charge on any atom is -0.338 e. The van der Waals surface area contributed by atoms with Crippen molar-refractivity contribution >= 4 is 6.03 Å². The Morgan fingerprint density at radius 3 is 3.05 bits per heavy atom. The lowest BCUT2D eigenvalue weighted by atomic mass is 9.84. The maximum absolute atomic E-state index is 11.9. The largest absolute Gasteiger partial charge is 0.338 e. The van der Waals surface area contributed by atoms with Crippen LogP contribution in [0.1, 0.15) is 51.9 Å². The highest BCUT2D eigenvalue weighted by molar-refractivity contribution is 5.74. The zero-order valence-electron chi connectivity index (χ0n) is 13.1. The quantitative estimate of drug-likeness (QED) is 0.759. The molecule has 0 aromatic carbocycles. The molecule has 5 heteroatoms. The van der Waals surface area contributed by atoms with Gasteiger partial charge in [0.15, 0.2) is 0 Å². The van der Waals surface area contributed by atoms with E-state index in [1.165, 1.54) is 19.3 Å². The van der Waals surface area contributed by atoms with Gasteiger partial charge in [0.05, 0.1) is 6.33 Å². The molecule has 0 spiro atoms. The molecule has 5 nitrogen and oxygen atoms in total. The van der Waals surface area contributed by atoms with E-state index < -0.39 is 0 Å². The molecule has 0 radical (unpaired) electrons. The third-order valence-corrected chi connectivity index (χ3v) is 4.38. The maximum Gasteiger partial charge on any atom is 0.315 e. The Balaban J connectivity index is 1.53. The highest BCUT2D eigenvalue weighted by atomic mass is 16.2. The Hall–Kier alpha value is -1.52. The SMILES string of the molecule is CC[C@@H]1CCC[C@@H](NC(=O)NCCCCn2ccnc2)C1. The summed E-state index contributed by atoms with van der Waals surface area (Å²) >= 11 is 0. The number of nitrogens with zero attached hydrogens (tertiary/aromatic N) is 2. The summed E-state index contributed by atoms with van der Waals surface area (Å²) in [7, 11) is 0. The van der Waals surface area contributed by atoms with Crippen molar-refractivity contribution in [2.75, 3.05) is 6.54 Å². The molecule has 1 fully saturated rings. The van der Waals surface area contributed by atoms with Crippen molar-refractivity contribution < 1.29 is 4.79 Å². The first-order valence-electron chi connectivity index (χ1n) is 8.28. The molecule has 0 aliphatic heterocycles. The smallest absolute Gasteiger partial charge is 0.315 e. The van der Waals surface area contributed by atoms with Gasteiger partial charge in [-0.25, -0.2) is 9.78 Å². The van der Waals surface area contributed by atoms with Crippen molar-refractivity contribution in [3.05, 3.63) is 18.7 Å². The van der Waals surface area contributed by atoms with Crippen LogP contribution in [0.2, 0.25) is 0 Å². The summed E-state index contributed by atoms with van der Waals surface area (Å²) in [6.07, 6.45) is 13.7. The molecule has 118 valence electrons. The first-order chi connectivity index (χ1) is 10.3. The summed E-state index contributed by atoms with van der Waals surface area (Å²) in [5, 5.41) is 6.09. The molecule has 2 N–H and O–H groups in total. The van der Waals surface area contributed by atoms with Gasteiger partial charge in [-0.3, -0.25) is 0 Å². The van der Waals surface area contributed by atoms with E-state index >= 15 is 0 Å². The zero-order valence-corrected chi connectivity index (χ0v) is 13.1. The third kappa shape index (κ3) is 5.78. The summed E-state index contributed by atoms with van der Waals surface area (Å²) < 4.78 is 2.06. The Bertz CT molecular complexity index is 404. The number of amides is 2. The lowest BCUT2D eigenvalue weighted by Crippen LogP contribution is -2.44. The Morgan fingerprint density at radius 1 is 1.38 bits per heavy atom. The Labute approximate surface area is 127 Å². The summed E-state index contributed by atoms with van der Waals surface area (Å²) in [6.45, 7) is 3.95. The van der Waals surface area contributed by atoms with E-state index in [9.17, 15) is 4.79 Å². The monoisotopic (exact) mass is 292 g/mol. The van der Waals surface area contributed by atoms with Crippen LogP contribution in [0.15, 0.2) is 18.7 Å². The number of imidazole rings is 1. The van der Waals surface area contributed by atoms with Crippen LogP contribution in [0.3, 0.4) is 0 Å². The van der Waals surface area contributed by atoms with E-state index in [0.29, 0.717) is 6.04 Å². The summed E-state index contributed by atoms with van der Waals surface area (Å²) in [5.41, 5.74) is 0. The molecule has 0 bridgehead atoms. The fourth-order valence-corrected chi connectivity index (χ4v) is 3.07. The van der Waals surface area contributed by atoms with E-state index in [4.69, 9.17) is 0 Å². The number of carbonyl (C=O) groups is 1. The first kappa shape index (κ1) is 15.9. The van der Waals surface area contributed by atoms with Crippen LogP contribution in [0.25, 0.3) is 0 Å². The van der Waals surface area contributed by atoms with Crippen molar-refractivity contribution in [2.45, 2.75) is 64.5 Å². The number of nitrogens with one attached hydrogen (secondary N) is 2. The minimum absolute atomic E-state index is 0.000570. The normalized spacial score (nSPS) is 22.0. The average Bonchev–Trinajstić information content (AvgIpc) is 3.00. The van der Waals surface area contributed by atoms with Gasteiger partial charge in [-0.15, -0.1) is 0 Å². The standard InChI is InChI=1S/C16H28N4O/c1-2-14-6-5-7-15(12-14)19-16(21)18-8-3-4-10-20-11-9-17-13-20/h9,11,13-15H,2-8,10,12H2,1H3,(H2,18,19,21)/t14-,15-/m1/s1. The Kier molecular flexibility index (Phi) is 6.57. The van der Waals surface area contributed by atoms with Crippen molar-refractivity contribution in [1.29, 1.82) is 0 Å². The molecule has 1 aromatic heterocycles. The second kappa shape index (κ2) is 8.70. The molecule has 1 heterocycles. The topological polar surface area (TPSA) is 59.0 Å². The Morgan fingerprint density at radius 2 is 2.29 bits per heavy atom. The number of aryl methyl sites for hydroxylation is 1. The average molecular weight is 292 g/mol. The molecular weight excluding hydrogens is 264 g/mol. The van der Waals surface area contributed by atoms with Gasteiger partial charge in [0, 0.05) is 31.5 Å². The molecule has 1 aliphatic rings. The molecule has 2 atom stereocenters.